The predicted octanol–water partition coefficient (Wildman–Crippen LogP) is 2.67. The molecule has 0 aromatic heterocycles. The molecular formula is C9H10F3O2P. The number of halogens is 3. The molecule has 0 amide bonds. The zero-order chi connectivity index (χ0) is 11.5. The summed E-state index contributed by atoms with van der Waals surface area (Å²) >= 11 is 0. The molecule has 0 saturated heterocycles. The highest BCUT2D eigenvalue weighted by atomic mass is 31.2. The van der Waals surface area contributed by atoms with Gasteiger partial charge in [-0.25, -0.2) is 0 Å². The highest BCUT2D eigenvalue weighted by molar-refractivity contribution is 7.55. The van der Waals surface area contributed by atoms with Gasteiger partial charge in [0.2, 0.25) is 8.38 Å². The zero-order valence-corrected chi connectivity index (χ0v) is 8.85. The van der Waals surface area contributed by atoms with Crippen molar-refractivity contribution >= 4 is 13.7 Å². The Kier molecular flexibility index (Phi) is 4.08. The highest BCUT2D eigenvalue weighted by Gasteiger charge is 2.30. The Labute approximate surface area is 86.6 Å². The lowest BCUT2D eigenvalue weighted by molar-refractivity contribution is -0.137. The topological polar surface area (TPSA) is 29.5 Å². The predicted molar refractivity (Wildman–Crippen MR) is 51.8 cm³/mol. The second-order valence-corrected chi connectivity index (χ2v) is 4.06. The first-order valence-electron chi connectivity index (χ1n) is 4.24. The van der Waals surface area contributed by atoms with Gasteiger partial charge in [0.15, 0.2) is 0 Å². The van der Waals surface area contributed by atoms with Gasteiger partial charge in [-0.05, 0) is 25.1 Å². The second kappa shape index (κ2) is 4.92. The van der Waals surface area contributed by atoms with Crippen LogP contribution < -0.4 is 5.30 Å². The van der Waals surface area contributed by atoms with Crippen molar-refractivity contribution in [2.24, 2.45) is 0 Å². The molecule has 1 N–H and O–H groups in total. The summed E-state index contributed by atoms with van der Waals surface area (Å²) in [6, 6.07) is 4.53. The first-order chi connectivity index (χ1) is 6.95. The molecule has 0 bridgehead atoms. The Bertz CT molecular complexity index is 327. The van der Waals surface area contributed by atoms with E-state index in [9.17, 15) is 18.1 Å². The Balaban J connectivity index is 2.92. The van der Waals surface area contributed by atoms with E-state index in [1.807, 2.05) is 0 Å². The van der Waals surface area contributed by atoms with Crippen molar-refractivity contribution in [1.29, 1.82) is 0 Å². The molecule has 0 fully saturated rings. The van der Waals surface area contributed by atoms with Crippen molar-refractivity contribution in [3.63, 3.8) is 0 Å². The van der Waals surface area contributed by atoms with Crippen molar-refractivity contribution in [2.45, 2.75) is 13.1 Å². The molecule has 0 saturated carbocycles. The summed E-state index contributed by atoms with van der Waals surface area (Å²) in [5.41, 5.74) is -0.777. The Hall–Kier alpha value is -0.640. The maximum atomic E-state index is 12.3. The van der Waals surface area contributed by atoms with Gasteiger partial charge in [-0.3, -0.25) is 0 Å². The van der Waals surface area contributed by atoms with Gasteiger partial charge in [-0.1, -0.05) is 6.07 Å². The fraction of sp³-hybridized carbons (Fsp3) is 0.333. The Morgan fingerprint density at radius 3 is 2.60 bits per heavy atom. The van der Waals surface area contributed by atoms with Crippen LogP contribution >= 0.6 is 8.38 Å². The Morgan fingerprint density at radius 1 is 1.40 bits per heavy atom. The monoisotopic (exact) mass is 238 g/mol. The summed E-state index contributed by atoms with van der Waals surface area (Å²) in [5, 5.41) is 0.168. The molecule has 1 unspecified atom stereocenters. The summed E-state index contributed by atoms with van der Waals surface area (Å²) in [6.07, 6.45) is -4.39. The van der Waals surface area contributed by atoms with Crippen LogP contribution in [0, 0.1) is 0 Å². The van der Waals surface area contributed by atoms with Crippen molar-refractivity contribution in [3.05, 3.63) is 29.8 Å². The minimum absolute atomic E-state index is 0.168. The van der Waals surface area contributed by atoms with E-state index >= 15 is 0 Å². The summed E-state index contributed by atoms with van der Waals surface area (Å²) in [7, 11) is -1.94. The molecule has 1 aromatic rings. The number of hydrogen-bond acceptors (Lipinski definition) is 2. The molecule has 0 radical (unpaired) electrons. The zero-order valence-electron chi connectivity index (χ0n) is 7.95. The smallest absolute Gasteiger partial charge is 0.346 e. The van der Waals surface area contributed by atoms with Gasteiger partial charge in [-0.15, -0.1) is 0 Å². The maximum absolute atomic E-state index is 12.3. The van der Waals surface area contributed by atoms with Gasteiger partial charge < -0.3 is 9.42 Å². The molecule has 0 aliphatic heterocycles. The van der Waals surface area contributed by atoms with Crippen LogP contribution in [0.15, 0.2) is 24.3 Å². The number of alkyl halides is 3. The number of hydrogen-bond donors (Lipinski definition) is 1. The minimum atomic E-state index is -4.39. The lowest BCUT2D eigenvalue weighted by atomic mass is 10.2. The molecule has 1 atom stereocenters. The van der Waals surface area contributed by atoms with Crippen LogP contribution in [0.2, 0.25) is 0 Å². The molecule has 1 rings (SSSR count). The molecule has 6 heteroatoms. The Morgan fingerprint density at radius 2 is 2.07 bits per heavy atom. The molecule has 15 heavy (non-hydrogen) atoms. The van der Waals surface area contributed by atoms with Crippen molar-refractivity contribution in [1.82, 2.24) is 0 Å². The standard InChI is InChI=1S/C9H10F3O2P/c1-2-14-15(13)8-5-3-4-7(6-8)9(10,11)12/h3-6,13H,2H2,1H3. The normalized spacial score (nSPS) is 13.9. The number of rotatable bonds is 3. The van der Waals surface area contributed by atoms with Crippen LogP contribution in [0.25, 0.3) is 0 Å². The third kappa shape index (κ3) is 3.45. The average molecular weight is 238 g/mol. The third-order valence-corrected chi connectivity index (χ3v) is 2.87. The lowest BCUT2D eigenvalue weighted by Crippen LogP contribution is -2.10. The van der Waals surface area contributed by atoms with E-state index in [1.54, 1.807) is 6.92 Å². The summed E-state index contributed by atoms with van der Waals surface area (Å²) < 4.78 is 41.8. The van der Waals surface area contributed by atoms with Crippen LogP contribution in [-0.2, 0) is 10.7 Å². The van der Waals surface area contributed by atoms with Gasteiger partial charge in [0.05, 0.1) is 12.2 Å². The quantitative estimate of drug-likeness (QED) is 0.820. The van der Waals surface area contributed by atoms with Crippen LogP contribution in [0.4, 0.5) is 13.2 Å². The van der Waals surface area contributed by atoms with Gasteiger partial charge in [0.1, 0.15) is 0 Å². The number of benzene rings is 1. The van der Waals surface area contributed by atoms with E-state index in [0.717, 1.165) is 12.1 Å². The fourth-order valence-electron chi connectivity index (χ4n) is 0.998. The van der Waals surface area contributed by atoms with Gasteiger partial charge >= 0.3 is 6.18 Å². The van der Waals surface area contributed by atoms with Crippen molar-refractivity contribution in [2.75, 3.05) is 6.61 Å². The van der Waals surface area contributed by atoms with E-state index in [0.29, 0.717) is 0 Å². The summed E-state index contributed by atoms with van der Waals surface area (Å²) in [4.78, 5) is 9.39. The first-order valence-corrected chi connectivity index (χ1v) is 5.45. The molecule has 2 nitrogen and oxygen atoms in total. The van der Waals surface area contributed by atoms with Crippen LogP contribution in [0.3, 0.4) is 0 Å². The summed E-state index contributed by atoms with van der Waals surface area (Å²) in [5.74, 6) is 0. The van der Waals surface area contributed by atoms with Crippen molar-refractivity contribution < 1.29 is 22.6 Å². The molecule has 0 aliphatic rings. The largest absolute Gasteiger partial charge is 0.416 e. The molecular weight excluding hydrogens is 228 g/mol. The van der Waals surface area contributed by atoms with Crippen LogP contribution in [-0.4, -0.2) is 11.5 Å². The average Bonchev–Trinajstić information content (AvgIpc) is 2.17. The molecule has 0 spiro atoms. The first kappa shape index (κ1) is 12.4. The van der Waals surface area contributed by atoms with E-state index in [1.165, 1.54) is 12.1 Å². The van der Waals surface area contributed by atoms with Crippen LogP contribution in [0.1, 0.15) is 12.5 Å². The molecule has 0 aliphatic carbocycles. The van der Waals surface area contributed by atoms with Gasteiger partial charge in [0, 0.05) is 5.30 Å². The second-order valence-electron chi connectivity index (χ2n) is 2.74. The third-order valence-electron chi connectivity index (χ3n) is 1.65. The van der Waals surface area contributed by atoms with Gasteiger partial charge in [-0.2, -0.15) is 13.2 Å². The molecule has 1 aromatic carbocycles. The van der Waals surface area contributed by atoms with E-state index in [2.05, 4.69) is 0 Å². The fourth-order valence-corrected chi connectivity index (χ4v) is 1.85. The van der Waals surface area contributed by atoms with Crippen molar-refractivity contribution in [3.8, 4) is 0 Å². The van der Waals surface area contributed by atoms with E-state index in [4.69, 9.17) is 4.52 Å². The lowest BCUT2D eigenvalue weighted by Gasteiger charge is -2.12. The minimum Gasteiger partial charge on any atom is -0.346 e. The highest BCUT2D eigenvalue weighted by Crippen LogP contribution is 2.33. The van der Waals surface area contributed by atoms with Gasteiger partial charge in [0.25, 0.3) is 0 Å². The molecule has 84 valence electrons. The SMILES string of the molecule is CCOP(O)c1cccc(C(F)(F)F)c1. The van der Waals surface area contributed by atoms with E-state index in [-0.39, 0.29) is 11.9 Å². The summed E-state index contributed by atoms with van der Waals surface area (Å²) in [6.45, 7) is 1.93. The molecule has 0 heterocycles. The maximum Gasteiger partial charge on any atom is 0.416 e. The van der Waals surface area contributed by atoms with E-state index < -0.39 is 20.1 Å². The van der Waals surface area contributed by atoms with Crippen LogP contribution in [0.5, 0.6) is 0 Å².